The minimum absolute atomic E-state index is 0.0394. The molecule has 52 valence electrons. The van der Waals surface area contributed by atoms with Crippen LogP contribution >= 0.6 is 24.4 Å². The first kappa shape index (κ1) is 7.44. The summed E-state index contributed by atoms with van der Waals surface area (Å²) in [5.41, 5.74) is 0. The van der Waals surface area contributed by atoms with E-state index in [0.29, 0.717) is 0 Å². The van der Waals surface area contributed by atoms with Crippen molar-refractivity contribution in [3.8, 4) is 0 Å². The van der Waals surface area contributed by atoms with Crippen LogP contribution in [0.2, 0.25) is 0 Å². The Hall–Kier alpha value is 0.330. The van der Waals surface area contributed by atoms with E-state index in [1.54, 1.807) is 18.7 Å². The van der Waals surface area contributed by atoms with Gasteiger partial charge in [-0.25, -0.2) is 0 Å². The average Bonchev–Trinajstić information content (AvgIpc) is 2.14. The standard InChI is InChI=1S/C5H9NOS2/c1-3(7)4-2-9-5(8)6-4/h4-6,8H,2H2,1H3. The topological polar surface area (TPSA) is 29.1 Å². The van der Waals surface area contributed by atoms with Crippen molar-refractivity contribution in [2.75, 3.05) is 5.75 Å². The lowest BCUT2D eigenvalue weighted by atomic mass is 10.2. The Bertz CT molecular complexity index is 128. The molecule has 9 heavy (non-hydrogen) atoms. The number of Topliss-reactive ketones (excluding diaryl/α,β-unsaturated/α-hetero) is 1. The van der Waals surface area contributed by atoms with E-state index in [1.807, 2.05) is 0 Å². The molecule has 0 aliphatic carbocycles. The Morgan fingerprint density at radius 1 is 1.89 bits per heavy atom. The van der Waals surface area contributed by atoms with Crippen molar-refractivity contribution in [1.29, 1.82) is 0 Å². The number of nitrogens with one attached hydrogen (secondary N) is 1. The largest absolute Gasteiger partial charge is 0.298 e. The van der Waals surface area contributed by atoms with Gasteiger partial charge in [-0.05, 0) is 6.92 Å². The molecule has 0 radical (unpaired) electrons. The van der Waals surface area contributed by atoms with Gasteiger partial charge in [0.15, 0.2) is 0 Å². The van der Waals surface area contributed by atoms with E-state index >= 15 is 0 Å². The summed E-state index contributed by atoms with van der Waals surface area (Å²) in [7, 11) is 0. The van der Waals surface area contributed by atoms with Crippen molar-refractivity contribution in [3.05, 3.63) is 0 Å². The zero-order valence-electron chi connectivity index (χ0n) is 5.13. The van der Waals surface area contributed by atoms with Crippen LogP contribution in [0.3, 0.4) is 0 Å². The monoisotopic (exact) mass is 163 g/mol. The molecule has 0 saturated carbocycles. The van der Waals surface area contributed by atoms with Gasteiger partial charge >= 0.3 is 0 Å². The van der Waals surface area contributed by atoms with Crippen molar-refractivity contribution in [2.45, 2.75) is 17.7 Å². The van der Waals surface area contributed by atoms with Gasteiger partial charge in [-0.2, -0.15) is 0 Å². The van der Waals surface area contributed by atoms with Gasteiger partial charge in [0.2, 0.25) is 0 Å². The molecule has 1 saturated heterocycles. The SMILES string of the molecule is CC(=O)C1CSC(S)N1. The third kappa shape index (κ3) is 1.88. The number of carbonyl (C=O) groups excluding carboxylic acids is 1. The molecule has 0 spiro atoms. The Morgan fingerprint density at radius 2 is 2.56 bits per heavy atom. The summed E-state index contributed by atoms with van der Waals surface area (Å²) in [6.45, 7) is 1.60. The lowest BCUT2D eigenvalue weighted by Crippen LogP contribution is -2.33. The first-order chi connectivity index (χ1) is 4.20. The molecule has 0 amide bonds. The highest BCUT2D eigenvalue weighted by Gasteiger charge is 2.24. The Morgan fingerprint density at radius 3 is 2.78 bits per heavy atom. The predicted molar refractivity (Wildman–Crippen MR) is 42.8 cm³/mol. The molecule has 0 aromatic rings. The van der Waals surface area contributed by atoms with Gasteiger partial charge < -0.3 is 0 Å². The molecule has 4 heteroatoms. The minimum atomic E-state index is 0.0394. The number of rotatable bonds is 1. The minimum Gasteiger partial charge on any atom is -0.298 e. The average molecular weight is 163 g/mol. The molecular weight excluding hydrogens is 154 g/mol. The highest BCUT2D eigenvalue weighted by Crippen LogP contribution is 2.21. The summed E-state index contributed by atoms with van der Waals surface area (Å²) >= 11 is 5.81. The third-order valence-corrected chi connectivity index (χ3v) is 2.83. The molecule has 1 heterocycles. The quantitative estimate of drug-likeness (QED) is 0.551. The van der Waals surface area contributed by atoms with Crippen LogP contribution in [0.15, 0.2) is 0 Å². The van der Waals surface area contributed by atoms with E-state index in [4.69, 9.17) is 0 Å². The number of hydrogen-bond acceptors (Lipinski definition) is 4. The van der Waals surface area contributed by atoms with Crippen LogP contribution in [0.25, 0.3) is 0 Å². The van der Waals surface area contributed by atoms with Crippen molar-refractivity contribution in [1.82, 2.24) is 5.32 Å². The van der Waals surface area contributed by atoms with Crippen LogP contribution in [-0.2, 0) is 4.79 Å². The van der Waals surface area contributed by atoms with Gasteiger partial charge in [-0.1, -0.05) is 0 Å². The van der Waals surface area contributed by atoms with Crippen molar-refractivity contribution in [2.24, 2.45) is 0 Å². The van der Waals surface area contributed by atoms with E-state index in [2.05, 4.69) is 17.9 Å². The Balaban J connectivity index is 2.39. The molecule has 1 aliphatic rings. The van der Waals surface area contributed by atoms with E-state index in [-0.39, 0.29) is 16.5 Å². The smallest absolute Gasteiger partial charge is 0.147 e. The first-order valence-electron chi connectivity index (χ1n) is 2.76. The molecule has 0 aromatic heterocycles. The van der Waals surface area contributed by atoms with Gasteiger partial charge in [-0.3, -0.25) is 10.1 Å². The maximum absolute atomic E-state index is 10.7. The first-order valence-corrected chi connectivity index (χ1v) is 4.33. The van der Waals surface area contributed by atoms with Crippen molar-refractivity contribution >= 4 is 30.2 Å². The lowest BCUT2D eigenvalue weighted by Gasteiger charge is -2.03. The van der Waals surface area contributed by atoms with E-state index in [1.165, 1.54) is 0 Å². The molecule has 1 rings (SSSR count). The van der Waals surface area contributed by atoms with Crippen LogP contribution in [0, 0.1) is 0 Å². The second-order valence-electron chi connectivity index (χ2n) is 2.02. The van der Waals surface area contributed by atoms with Crippen LogP contribution in [-0.4, -0.2) is 22.3 Å². The molecule has 2 nitrogen and oxygen atoms in total. The second-order valence-corrected chi connectivity index (χ2v) is 4.02. The van der Waals surface area contributed by atoms with Crippen molar-refractivity contribution < 1.29 is 4.79 Å². The normalized spacial score (nSPS) is 34.9. The number of thioether (sulfide) groups is 1. The third-order valence-electron chi connectivity index (χ3n) is 1.26. The highest BCUT2D eigenvalue weighted by molar-refractivity contribution is 8.10. The molecule has 2 unspecified atom stereocenters. The van der Waals surface area contributed by atoms with Crippen LogP contribution in [0.4, 0.5) is 0 Å². The van der Waals surface area contributed by atoms with E-state index in [0.717, 1.165) is 5.75 Å². The molecule has 1 N–H and O–H groups in total. The summed E-state index contributed by atoms with van der Waals surface area (Å²) in [4.78, 5) is 10.7. The Labute approximate surface area is 64.2 Å². The maximum atomic E-state index is 10.7. The second kappa shape index (κ2) is 2.94. The van der Waals surface area contributed by atoms with Gasteiger partial charge in [0.25, 0.3) is 0 Å². The zero-order valence-corrected chi connectivity index (χ0v) is 6.84. The van der Waals surface area contributed by atoms with Gasteiger partial charge in [-0.15, -0.1) is 24.4 Å². The highest BCUT2D eigenvalue weighted by atomic mass is 32.2. The summed E-state index contributed by atoms with van der Waals surface area (Å²) < 4.78 is 0.152. The van der Waals surface area contributed by atoms with Gasteiger partial charge in [0.1, 0.15) is 5.78 Å². The van der Waals surface area contributed by atoms with Gasteiger partial charge in [0.05, 0.1) is 10.7 Å². The molecule has 1 fully saturated rings. The van der Waals surface area contributed by atoms with Crippen LogP contribution in [0.5, 0.6) is 0 Å². The summed E-state index contributed by atoms with van der Waals surface area (Å²) in [6, 6.07) is 0.0394. The fraction of sp³-hybridized carbons (Fsp3) is 0.800. The number of thiol groups is 1. The van der Waals surface area contributed by atoms with Gasteiger partial charge in [0, 0.05) is 5.75 Å². The molecule has 1 aliphatic heterocycles. The fourth-order valence-electron chi connectivity index (χ4n) is 0.690. The lowest BCUT2D eigenvalue weighted by molar-refractivity contribution is -0.118. The number of hydrogen-bond donors (Lipinski definition) is 2. The van der Waals surface area contributed by atoms with E-state index < -0.39 is 0 Å². The molecule has 2 atom stereocenters. The predicted octanol–water partition coefficient (Wildman–Crippen LogP) is 0.494. The molecule has 0 aromatic carbocycles. The summed E-state index contributed by atoms with van der Waals surface area (Å²) in [6.07, 6.45) is 0. The summed E-state index contributed by atoms with van der Waals surface area (Å²) in [5, 5.41) is 3.03. The molecule has 0 bridgehead atoms. The van der Waals surface area contributed by atoms with Crippen LogP contribution < -0.4 is 5.32 Å². The Kier molecular flexibility index (Phi) is 2.43. The summed E-state index contributed by atoms with van der Waals surface area (Å²) in [5.74, 6) is 1.07. The number of ketones is 1. The van der Waals surface area contributed by atoms with Crippen LogP contribution in [0.1, 0.15) is 6.92 Å². The fourth-order valence-corrected chi connectivity index (χ4v) is 2.09. The zero-order chi connectivity index (χ0) is 6.85. The molecular formula is C5H9NOS2. The van der Waals surface area contributed by atoms with Crippen molar-refractivity contribution in [3.63, 3.8) is 0 Å². The van der Waals surface area contributed by atoms with E-state index in [9.17, 15) is 4.79 Å². The maximum Gasteiger partial charge on any atom is 0.147 e. The number of carbonyl (C=O) groups is 1.